The Hall–Kier alpha value is -5.25. The number of rotatable bonds is 11. The highest BCUT2D eigenvalue weighted by Crippen LogP contribution is 2.27. The molecule has 262 valence electrons. The predicted octanol–water partition coefficient (Wildman–Crippen LogP) is 7.15. The van der Waals surface area contributed by atoms with Gasteiger partial charge in [0.1, 0.15) is 5.84 Å². The summed E-state index contributed by atoms with van der Waals surface area (Å²) < 4.78 is 6.37. The fourth-order valence-electron chi connectivity index (χ4n) is 6.31. The van der Waals surface area contributed by atoms with Crippen LogP contribution in [-0.2, 0) is 22.5 Å². The molecule has 0 saturated carbocycles. The van der Waals surface area contributed by atoms with Crippen LogP contribution in [0, 0.1) is 12.8 Å². The molecule has 3 heterocycles. The van der Waals surface area contributed by atoms with E-state index in [2.05, 4.69) is 35.2 Å². The van der Waals surface area contributed by atoms with Gasteiger partial charge in [-0.3, -0.25) is 24.0 Å². The number of likely N-dealkylation sites (N-methyl/N-ethyl adjacent to an activating group) is 1. The zero-order valence-corrected chi connectivity index (χ0v) is 29.8. The Morgan fingerprint density at radius 2 is 1.76 bits per heavy atom. The first kappa shape index (κ1) is 35.6. The van der Waals surface area contributed by atoms with Crippen LogP contribution in [0.15, 0.2) is 119 Å². The summed E-state index contributed by atoms with van der Waals surface area (Å²) in [5, 5.41) is 3.07. The topological polar surface area (TPSA) is 96.2 Å². The van der Waals surface area contributed by atoms with Crippen LogP contribution in [0.4, 0.5) is 11.4 Å². The molecule has 4 aromatic rings. The number of aryl methyl sites for hydroxylation is 1. The van der Waals surface area contributed by atoms with Gasteiger partial charge in [0.05, 0.1) is 38.0 Å². The van der Waals surface area contributed by atoms with Crippen LogP contribution in [-0.4, -0.2) is 77.7 Å². The van der Waals surface area contributed by atoms with Crippen molar-refractivity contribution in [1.82, 2.24) is 9.88 Å². The summed E-state index contributed by atoms with van der Waals surface area (Å²) in [4.78, 5) is 42.4. The average molecular weight is 684 g/mol. The lowest BCUT2D eigenvalue weighted by Crippen LogP contribution is -2.58. The molecule has 3 aromatic carbocycles. The molecular weight excluding hydrogens is 637 g/mol. The third-order valence-corrected chi connectivity index (χ3v) is 9.71. The van der Waals surface area contributed by atoms with Gasteiger partial charge in [-0.1, -0.05) is 61.5 Å². The van der Waals surface area contributed by atoms with Crippen LogP contribution < -0.4 is 5.32 Å². The minimum atomic E-state index is -0.188. The largest absolute Gasteiger partial charge is 0.415 e. The number of esters is 1. The maximum atomic E-state index is 13.3. The smallest absolute Gasteiger partial charge is 0.314 e. The Labute approximate surface area is 301 Å². The molecule has 0 spiro atoms. The number of carbonyl (C=O) groups excluding carboxylic acids is 2. The minimum Gasteiger partial charge on any atom is -0.415 e. The normalized spacial score (nSPS) is 18.1. The summed E-state index contributed by atoms with van der Waals surface area (Å²) in [6, 6.07) is 27.3. The lowest BCUT2D eigenvalue weighted by Gasteiger charge is -2.41. The van der Waals surface area contributed by atoms with E-state index in [0.29, 0.717) is 28.9 Å². The molecule has 1 amide bonds. The van der Waals surface area contributed by atoms with Crippen molar-refractivity contribution in [2.24, 2.45) is 15.9 Å². The first-order valence-electron chi connectivity index (χ1n) is 17.8. The van der Waals surface area contributed by atoms with E-state index < -0.39 is 0 Å². The second-order valence-electron chi connectivity index (χ2n) is 13.8. The van der Waals surface area contributed by atoms with Crippen molar-refractivity contribution in [1.29, 1.82) is 0 Å². The van der Waals surface area contributed by atoms with Crippen LogP contribution in [0.3, 0.4) is 0 Å². The van der Waals surface area contributed by atoms with E-state index in [-0.39, 0.29) is 17.8 Å². The lowest BCUT2D eigenvalue weighted by molar-refractivity contribution is -0.929. The highest BCUT2D eigenvalue weighted by molar-refractivity contribution is 6.15. The molecule has 51 heavy (non-hydrogen) atoms. The van der Waals surface area contributed by atoms with Gasteiger partial charge in [0, 0.05) is 54.8 Å². The monoisotopic (exact) mass is 683 g/mol. The number of allylic oxidation sites excluding steroid dienone is 2. The molecule has 1 fully saturated rings. The molecule has 0 aliphatic carbocycles. The fraction of sp³-hybridized carbons (Fsp3) is 0.310. The van der Waals surface area contributed by atoms with Crippen molar-refractivity contribution in [3.63, 3.8) is 0 Å². The molecule has 2 aliphatic heterocycles. The number of carbonyl (C=O) groups is 2. The van der Waals surface area contributed by atoms with Crippen molar-refractivity contribution < 1.29 is 18.8 Å². The van der Waals surface area contributed by atoms with E-state index in [4.69, 9.17) is 14.7 Å². The molecule has 2 aliphatic rings. The second-order valence-corrected chi connectivity index (χ2v) is 13.8. The van der Waals surface area contributed by atoms with Gasteiger partial charge in [-0.25, -0.2) is 9.98 Å². The number of hydrogen-bond acceptors (Lipinski definition) is 6. The van der Waals surface area contributed by atoms with Crippen molar-refractivity contribution in [3.8, 4) is 0 Å². The third-order valence-electron chi connectivity index (χ3n) is 9.71. The number of piperazine rings is 1. The SMILES string of the molecule is CCC1CC=CC(c2cccnc2)=NC1=Nc1cc(NC(=O)c2ccc(CN3CC[N+](C)(COC(=O)Cc4ccccc4)CC3)cc2)ccc1C. The highest BCUT2D eigenvalue weighted by atomic mass is 16.5. The third kappa shape index (κ3) is 9.72. The molecule has 9 heteroatoms. The van der Waals surface area contributed by atoms with Crippen LogP contribution in [0.1, 0.15) is 52.4 Å². The van der Waals surface area contributed by atoms with Crippen LogP contribution in [0.25, 0.3) is 0 Å². The summed E-state index contributed by atoms with van der Waals surface area (Å²) in [7, 11) is 2.15. The number of benzene rings is 3. The Morgan fingerprint density at radius 3 is 2.49 bits per heavy atom. The number of nitrogens with one attached hydrogen (secondary N) is 1. The van der Waals surface area contributed by atoms with Crippen LogP contribution >= 0.6 is 0 Å². The van der Waals surface area contributed by atoms with Crippen LogP contribution in [0.5, 0.6) is 0 Å². The zero-order valence-electron chi connectivity index (χ0n) is 29.8. The average Bonchev–Trinajstić information content (AvgIpc) is 3.36. The number of ether oxygens (including phenoxy) is 1. The van der Waals surface area contributed by atoms with Gasteiger partial charge in [-0.2, -0.15) is 0 Å². The zero-order chi connectivity index (χ0) is 35.6. The Kier molecular flexibility index (Phi) is 11.6. The Bertz CT molecular complexity index is 1900. The number of anilines is 1. The number of pyridine rings is 1. The number of quaternary nitrogens is 1. The Balaban J connectivity index is 1.03. The van der Waals surface area contributed by atoms with Gasteiger partial charge < -0.3 is 10.1 Å². The maximum Gasteiger partial charge on any atom is 0.314 e. The summed E-state index contributed by atoms with van der Waals surface area (Å²) in [6.07, 6.45) is 9.86. The second kappa shape index (κ2) is 16.6. The number of aromatic nitrogens is 1. The number of hydrogen-bond donors (Lipinski definition) is 1. The van der Waals surface area contributed by atoms with Gasteiger partial charge in [-0.05, 0) is 78.9 Å². The first-order valence-corrected chi connectivity index (χ1v) is 17.8. The van der Waals surface area contributed by atoms with Gasteiger partial charge in [0.15, 0.2) is 0 Å². The van der Waals surface area contributed by atoms with Gasteiger partial charge in [-0.15, -0.1) is 0 Å². The van der Waals surface area contributed by atoms with Crippen molar-refractivity contribution in [2.75, 3.05) is 45.3 Å². The Morgan fingerprint density at radius 1 is 0.980 bits per heavy atom. The molecule has 9 nitrogen and oxygen atoms in total. The van der Waals surface area contributed by atoms with Crippen LogP contribution in [0.2, 0.25) is 0 Å². The maximum absolute atomic E-state index is 13.3. The van der Waals surface area contributed by atoms with Crippen molar-refractivity contribution >= 4 is 34.8 Å². The van der Waals surface area contributed by atoms with Gasteiger partial charge in [0.2, 0.25) is 6.73 Å². The van der Waals surface area contributed by atoms with E-state index >= 15 is 0 Å². The van der Waals surface area contributed by atoms with Crippen molar-refractivity contribution in [3.05, 3.63) is 137 Å². The van der Waals surface area contributed by atoms with E-state index in [1.54, 1.807) is 6.20 Å². The minimum absolute atomic E-state index is 0.168. The molecule has 0 radical (unpaired) electrons. The standard InChI is InChI=1S/C42H46N6O3/c1-4-34-12-8-14-38(36-13-9-21-43-28-36)45-41(34)46-39-27-37(20-15-31(39)2)44-42(50)35-18-16-33(17-19-35)29-47-22-24-48(3,25-23-47)30-51-40(49)26-32-10-6-5-7-11-32/h5-11,13-21,27-28,34H,4,12,22-26,29-30H2,1-3H3/p+1. The van der Waals surface area contributed by atoms with E-state index in [1.165, 1.54) is 0 Å². The van der Waals surface area contributed by atoms with E-state index in [9.17, 15) is 9.59 Å². The van der Waals surface area contributed by atoms with Gasteiger partial charge >= 0.3 is 5.97 Å². The molecule has 0 bridgehead atoms. The lowest BCUT2D eigenvalue weighted by atomic mass is 10.0. The number of aliphatic imine (C=N–C) groups is 2. The molecule has 1 atom stereocenters. The van der Waals surface area contributed by atoms with E-state index in [1.807, 2.05) is 104 Å². The molecule has 6 rings (SSSR count). The molecule has 1 aromatic heterocycles. The van der Waals surface area contributed by atoms with E-state index in [0.717, 1.165) is 85.1 Å². The predicted molar refractivity (Wildman–Crippen MR) is 203 cm³/mol. The summed E-state index contributed by atoms with van der Waals surface area (Å²) >= 11 is 0. The molecule has 1 unspecified atom stereocenters. The number of amides is 1. The first-order chi connectivity index (χ1) is 24.8. The highest BCUT2D eigenvalue weighted by Gasteiger charge is 2.30. The quantitative estimate of drug-likeness (QED) is 0.134. The number of amidine groups is 1. The molecule has 1 saturated heterocycles. The van der Waals surface area contributed by atoms with Gasteiger partial charge in [0.25, 0.3) is 5.91 Å². The molecular formula is C42H47N6O3+. The fourth-order valence-corrected chi connectivity index (χ4v) is 6.31. The summed E-state index contributed by atoms with van der Waals surface area (Å²) in [6.45, 7) is 8.97. The van der Waals surface area contributed by atoms with Crippen molar-refractivity contribution in [2.45, 2.75) is 39.7 Å². The molecule has 1 N–H and O–H groups in total. The number of nitrogens with zero attached hydrogens (tertiary/aromatic N) is 5. The summed E-state index contributed by atoms with van der Waals surface area (Å²) in [5.41, 5.74) is 7.00. The summed E-state index contributed by atoms with van der Waals surface area (Å²) in [5.74, 6) is 0.615.